The van der Waals surface area contributed by atoms with Crippen LogP contribution < -0.4 is 10.6 Å². The Balaban J connectivity index is 2.35. The second kappa shape index (κ2) is 6.41. The van der Waals surface area contributed by atoms with E-state index in [9.17, 15) is 4.79 Å². The van der Waals surface area contributed by atoms with Crippen LogP contribution in [0.5, 0.6) is 0 Å². The molecule has 84 valence electrons. The minimum atomic E-state index is 0.0180. The molecule has 1 rings (SSSR count). The van der Waals surface area contributed by atoms with Gasteiger partial charge in [-0.05, 0) is 25.8 Å². The highest BCUT2D eigenvalue weighted by atomic mass is 16.1. The predicted octanol–water partition coefficient (Wildman–Crippen LogP) is 0.794. The lowest BCUT2D eigenvalue weighted by molar-refractivity contribution is -0.126. The first-order valence-corrected chi connectivity index (χ1v) is 5.66. The fourth-order valence-corrected chi connectivity index (χ4v) is 1.80. The smallest absolute Gasteiger partial charge is 0.224 e. The maximum absolute atomic E-state index is 11.8. The van der Waals surface area contributed by atoms with E-state index >= 15 is 0 Å². The molecule has 1 saturated heterocycles. The van der Waals surface area contributed by atoms with Crippen LogP contribution in [-0.4, -0.2) is 25.0 Å². The first-order chi connectivity index (χ1) is 7.27. The Morgan fingerprint density at radius 1 is 1.73 bits per heavy atom. The lowest BCUT2D eigenvalue weighted by Crippen LogP contribution is -2.44. The van der Waals surface area contributed by atoms with E-state index in [1.165, 1.54) is 0 Å². The third kappa shape index (κ3) is 3.88. The molecule has 2 N–H and O–H groups in total. The van der Waals surface area contributed by atoms with Gasteiger partial charge in [0.05, 0.1) is 18.4 Å². The quantitative estimate of drug-likeness (QED) is 0.719. The molecule has 0 aromatic rings. The number of amides is 1. The molecule has 0 aliphatic carbocycles. The van der Waals surface area contributed by atoms with Gasteiger partial charge in [0, 0.05) is 12.6 Å². The number of piperidine rings is 1. The summed E-state index contributed by atoms with van der Waals surface area (Å²) in [7, 11) is 0. The first kappa shape index (κ1) is 12.0. The van der Waals surface area contributed by atoms with Gasteiger partial charge in [0.1, 0.15) is 0 Å². The zero-order valence-corrected chi connectivity index (χ0v) is 9.25. The van der Waals surface area contributed by atoms with Crippen molar-refractivity contribution in [3.8, 4) is 6.07 Å². The van der Waals surface area contributed by atoms with Crippen molar-refractivity contribution < 1.29 is 4.79 Å². The molecular weight excluding hydrogens is 190 g/mol. The Labute approximate surface area is 91.0 Å². The normalized spacial score (nSPS) is 22.8. The summed E-state index contributed by atoms with van der Waals surface area (Å²) in [5.41, 5.74) is 0. The third-order valence-electron chi connectivity index (χ3n) is 2.84. The van der Waals surface area contributed by atoms with Crippen LogP contribution in [0.15, 0.2) is 0 Å². The minimum absolute atomic E-state index is 0.0180. The third-order valence-corrected chi connectivity index (χ3v) is 2.84. The van der Waals surface area contributed by atoms with Crippen LogP contribution in [0, 0.1) is 17.2 Å². The van der Waals surface area contributed by atoms with Crippen LogP contribution in [0.25, 0.3) is 0 Å². The van der Waals surface area contributed by atoms with Crippen molar-refractivity contribution in [1.29, 1.82) is 5.26 Å². The summed E-state index contributed by atoms with van der Waals surface area (Å²) in [4.78, 5) is 11.8. The Kier molecular flexibility index (Phi) is 5.13. The van der Waals surface area contributed by atoms with Gasteiger partial charge < -0.3 is 10.6 Å². The highest BCUT2D eigenvalue weighted by molar-refractivity contribution is 5.79. The number of nitrogens with one attached hydrogen (secondary N) is 2. The molecule has 1 heterocycles. The molecule has 0 aromatic carbocycles. The van der Waals surface area contributed by atoms with E-state index < -0.39 is 0 Å². The van der Waals surface area contributed by atoms with Gasteiger partial charge in [-0.1, -0.05) is 6.92 Å². The van der Waals surface area contributed by atoms with Crippen LogP contribution >= 0.6 is 0 Å². The van der Waals surface area contributed by atoms with Crippen molar-refractivity contribution in [2.75, 3.05) is 13.1 Å². The molecule has 1 aliphatic rings. The lowest BCUT2D eigenvalue weighted by atomic mass is 9.98. The monoisotopic (exact) mass is 209 g/mol. The summed E-state index contributed by atoms with van der Waals surface area (Å²) in [6.45, 7) is 3.77. The van der Waals surface area contributed by atoms with E-state index in [1.54, 1.807) is 0 Å². The number of carbonyl (C=O) groups excluding carboxylic acids is 1. The fraction of sp³-hybridized carbons (Fsp3) is 0.818. The zero-order chi connectivity index (χ0) is 11.1. The Morgan fingerprint density at radius 3 is 3.07 bits per heavy atom. The minimum Gasteiger partial charge on any atom is -0.352 e. The fourth-order valence-electron chi connectivity index (χ4n) is 1.80. The standard InChI is InChI=1S/C11H19N3O/c1-2-10(5-6-12)14-11(15)9-4-3-7-13-8-9/h9-10,13H,2-5,7-8H2,1H3,(H,14,15)/t9-,10?/m0/s1. The molecular formula is C11H19N3O. The zero-order valence-electron chi connectivity index (χ0n) is 9.25. The van der Waals surface area contributed by atoms with Gasteiger partial charge in [-0.25, -0.2) is 0 Å². The SMILES string of the molecule is CCC(CC#N)NC(=O)[C@H]1CCCNC1. The first-order valence-electron chi connectivity index (χ1n) is 5.66. The summed E-state index contributed by atoms with van der Waals surface area (Å²) in [6, 6.07) is 2.11. The van der Waals surface area contributed by atoms with Crippen molar-refractivity contribution in [2.24, 2.45) is 5.92 Å². The molecule has 0 aromatic heterocycles. The van der Waals surface area contributed by atoms with Crippen LogP contribution in [-0.2, 0) is 4.79 Å². The second-order valence-corrected chi connectivity index (χ2v) is 4.02. The second-order valence-electron chi connectivity index (χ2n) is 4.02. The maximum atomic E-state index is 11.8. The predicted molar refractivity (Wildman–Crippen MR) is 58.0 cm³/mol. The molecule has 1 fully saturated rings. The highest BCUT2D eigenvalue weighted by Gasteiger charge is 2.22. The van der Waals surface area contributed by atoms with Crippen molar-refractivity contribution in [2.45, 2.75) is 38.6 Å². The van der Waals surface area contributed by atoms with Crippen molar-refractivity contribution in [3.05, 3.63) is 0 Å². The van der Waals surface area contributed by atoms with E-state index in [0.717, 1.165) is 32.4 Å². The molecule has 0 radical (unpaired) electrons. The Bertz CT molecular complexity index is 241. The number of nitriles is 1. The largest absolute Gasteiger partial charge is 0.352 e. The number of hydrogen-bond acceptors (Lipinski definition) is 3. The molecule has 0 bridgehead atoms. The molecule has 4 nitrogen and oxygen atoms in total. The molecule has 1 unspecified atom stereocenters. The van der Waals surface area contributed by atoms with E-state index in [2.05, 4.69) is 16.7 Å². The van der Waals surface area contributed by atoms with Gasteiger partial charge in [0.25, 0.3) is 0 Å². The van der Waals surface area contributed by atoms with Crippen LogP contribution in [0.3, 0.4) is 0 Å². The van der Waals surface area contributed by atoms with Gasteiger partial charge >= 0.3 is 0 Å². The average molecular weight is 209 g/mol. The highest BCUT2D eigenvalue weighted by Crippen LogP contribution is 2.10. The van der Waals surface area contributed by atoms with Crippen LogP contribution in [0.1, 0.15) is 32.6 Å². The summed E-state index contributed by atoms with van der Waals surface area (Å²) >= 11 is 0. The lowest BCUT2D eigenvalue weighted by Gasteiger charge is -2.24. The van der Waals surface area contributed by atoms with Gasteiger partial charge in [0.15, 0.2) is 0 Å². The molecule has 4 heteroatoms. The molecule has 2 atom stereocenters. The summed E-state index contributed by atoms with van der Waals surface area (Å²) in [5.74, 6) is 0.191. The number of nitrogens with zero attached hydrogens (tertiary/aromatic N) is 1. The van der Waals surface area contributed by atoms with E-state index in [1.807, 2.05) is 6.92 Å². The van der Waals surface area contributed by atoms with Crippen molar-refractivity contribution >= 4 is 5.91 Å². The van der Waals surface area contributed by atoms with Crippen molar-refractivity contribution in [1.82, 2.24) is 10.6 Å². The van der Waals surface area contributed by atoms with E-state index in [-0.39, 0.29) is 17.9 Å². The Hall–Kier alpha value is -1.08. The van der Waals surface area contributed by atoms with Gasteiger partial charge in [-0.15, -0.1) is 0 Å². The number of rotatable bonds is 4. The van der Waals surface area contributed by atoms with Crippen LogP contribution in [0.2, 0.25) is 0 Å². The van der Waals surface area contributed by atoms with Crippen LogP contribution in [0.4, 0.5) is 0 Å². The summed E-state index contributed by atoms with van der Waals surface area (Å²) in [5, 5.41) is 14.7. The molecule has 0 saturated carbocycles. The van der Waals surface area contributed by atoms with E-state index in [4.69, 9.17) is 5.26 Å². The Morgan fingerprint density at radius 2 is 2.53 bits per heavy atom. The molecule has 15 heavy (non-hydrogen) atoms. The number of carbonyl (C=O) groups is 1. The molecule has 1 amide bonds. The van der Waals surface area contributed by atoms with Gasteiger partial charge in [-0.2, -0.15) is 5.26 Å². The topological polar surface area (TPSA) is 64.9 Å². The maximum Gasteiger partial charge on any atom is 0.224 e. The summed E-state index contributed by atoms with van der Waals surface area (Å²) < 4.78 is 0. The van der Waals surface area contributed by atoms with Crippen molar-refractivity contribution in [3.63, 3.8) is 0 Å². The summed E-state index contributed by atoms with van der Waals surface area (Å²) in [6.07, 6.45) is 3.25. The van der Waals surface area contributed by atoms with Gasteiger partial charge in [0.2, 0.25) is 5.91 Å². The molecule has 1 aliphatic heterocycles. The molecule has 0 spiro atoms. The number of hydrogen-bond donors (Lipinski definition) is 2. The van der Waals surface area contributed by atoms with E-state index in [0.29, 0.717) is 6.42 Å². The average Bonchev–Trinajstić information content (AvgIpc) is 2.29. The van der Waals surface area contributed by atoms with Gasteiger partial charge in [-0.3, -0.25) is 4.79 Å².